The number of Topliss-reactive ketones (excluding diaryl/α,β-unsaturated/α-hetero) is 1. The molecule has 0 unspecified atom stereocenters. The molecule has 0 amide bonds. The molecule has 0 atom stereocenters. The van der Waals surface area contributed by atoms with Crippen molar-refractivity contribution < 1.29 is 19.1 Å². The van der Waals surface area contributed by atoms with Gasteiger partial charge in [0.25, 0.3) is 0 Å². The SMILES string of the molecule is C=C(/N=C(\C=C/C)Oc1cccc(CC)c1C(C)=O)Nc1cc(C)c(C=O)cc1OC. The van der Waals surface area contributed by atoms with Crippen LogP contribution < -0.4 is 14.8 Å². The van der Waals surface area contributed by atoms with Gasteiger partial charge >= 0.3 is 0 Å². The summed E-state index contributed by atoms with van der Waals surface area (Å²) in [5.74, 6) is 1.45. The molecule has 0 saturated heterocycles. The molecule has 0 saturated carbocycles. The number of carbonyl (C=O) groups is 2. The van der Waals surface area contributed by atoms with E-state index in [1.807, 2.05) is 32.9 Å². The van der Waals surface area contributed by atoms with Crippen LogP contribution in [0.1, 0.15) is 52.6 Å². The first-order chi connectivity index (χ1) is 14.8. The number of rotatable bonds is 9. The van der Waals surface area contributed by atoms with Gasteiger partial charge in [-0.1, -0.05) is 31.7 Å². The number of hydrogen-bond donors (Lipinski definition) is 1. The normalized spacial score (nSPS) is 11.3. The fourth-order valence-electron chi connectivity index (χ4n) is 3.12. The van der Waals surface area contributed by atoms with Gasteiger partial charge in [0.15, 0.2) is 5.78 Å². The third-order valence-corrected chi connectivity index (χ3v) is 4.61. The number of hydrogen-bond acceptors (Lipinski definition) is 6. The molecule has 162 valence electrons. The Kier molecular flexibility index (Phi) is 8.32. The quantitative estimate of drug-likeness (QED) is 0.250. The Morgan fingerprint density at radius 1 is 1.26 bits per heavy atom. The summed E-state index contributed by atoms with van der Waals surface area (Å²) < 4.78 is 11.3. The van der Waals surface area contributed by atoms with Crippen molar-refractivity contribution in [2.24, 2.45) is 4.99 Å². The lowest BCUT2D eigenvalue weighted by atomic mass is 10.0. The Morgan fingerprint density at radius 2 is 2.00 bits per heavy atom. The van der Waals surface area contributed by atoms with E-state index in [1.54, 1.807) is 30.4 Å². The Bertz CT molecular complexity index is 1050. The summed E-state index contributed by atoms with van der Waals surface area (Å²) in [6, 6.07) is 8.95. The molecule has 2 aromatic carbocycles. The standard InChI is InChI=1S/C25H28N2O4/c1-7-10-24(31-22-12-9-11-19(8-2)25(22)17(4)29)27-18(5)26-21-13-16(3)20(15-28)14-23(21)30-6/h7,9-15,26H,5,8H2,1-4,6H3/b10-7-,27-24+. The average molecular weight is 421 g/mol. The molecule has 0 aliphatic heterocycles. The summed E-state index contributed by atoms with van der Waals surface area (Å²) in [6.07, 6.45) is 4.97. The molecule has 0 bridgehead atoms. The van der Waals surface area contributed by atoms with Crippen LogP contribution in [0.15, 0.2) is 59.9 Å². The van der Waals surface area contributed by atoms with E-state index in [0.29, 0.717) is 40.6 Å². The molecule has 1 N–H and O–H groups in total. The Labute approximate surface area is 183 Å². The van der Waals surface area contributed by atoms with E-state index >= 15 is 0 Å². The van der Waals surface area contributed by atoms with Gasteiger partial charge in [-0.05, 0) is 62.6 Å². The number of ketones is 1. The summed E-state index contributed by atoms with van der Waals surface area (Å²) in [6.45, 7) is 11.1. The fourth-order valence-corrected chi connectivity index (χ4v) is 3.12. The van der Waals surface area contributed by atoms with Crippen LogP contribution in [0, 0.1) is 6.92 Å². The first kappa shape index (κ1) is 23.6. The minimum Gasteiger partial charge on any atom is -0.495 e. The van der Waals surface area contributed by atoms with Gasteiger partial charge in [0.2, 0.25) is 5.90 Å². The van der Waals surface area contributed by atoms with Crippen molar-refractivity contribution in [1.82, 2.24) is 0 Å². The lowest BCUT2D eigenvalue weighted by Crippen LogP contribution is -2.12. The van der Waals surface area contributed by atoms with E-state index < -0.39 is 0 Å². The van der Waals surface area contributed by atoms with Gasteiger partial charge < -0.3 is 14.8 Å². The summed E-state index contributed by atoms with van der Waals surface area (Å²) in [5, 5.41) is 3.08. The maximum atomic E-state index is 12.2. The first-order valence-corrected chi connectivity index (χ1v) is 9.96. The zero-order valence-electron chi connectivity index (χ0n) is 18.6. The number of nitrogens with one attached hydrogen (secondary N) is 1. The van der Waals surface area contributed by atoms with Crippen molar-refractivity contribution in [3.63, 3.8) is 0 Å². The van der Waals surface area contributed by atoms with Gasteiger partial charge in [0.1, 0.15) is 23.6 Å². The summed E-state index contributed by atoms with van der Waals surface area (Å²) >= 11 is 0. The van der Waals surface area contributed by atoms with Crippen LogP contribution in [0.4, 0.5) is 5.69 Å². The molecule has 0 fully saturated rings. The molecule has 2 rings (SSSR count). The largest absolute Gasteiger partial charge is 0.495 e. The number of allylic oxidation sites excluding steroid dienone is 1. The molecule has 0 aliphatic rings. The number of carbonyl (C=O) groups excluding carboxylic acids is 2. The number of anilines is 1. The molecule has 31 heavy (non-hydrogen) atoms. The molecule has 0 spiro atoms. The van der Waals surface area contributed by atoms with Gasteiger partial charge in [-0.15, -0.1) is 0 Å². The van der Waals surface area contributed by atoms with E-state index in [0.717, 1.165) is 17.4 Å². The highest BCUT2D eigenvalue weighted by atomic mass is 16.5. The molecule has 0 radical (unpaired) electrons. The van der Waals surface area contributed by atoms with Crippen LogP contribution in [0.2, 0.25) is 0 Å². The van der Waals surface area contributed by atoms with E-state index in [-0.39, 0.29) is 11.7 Å². The Hall–Kier alpha value is -3.67. The van der Waals surface area contributed by atoms with Crippen molar-refractivity contribution in [3.05, 3.63) is 77.1 Å². The first-order valence-electron chi connectivity index (χ1n) is 9.96. The maximum absolute atomic E-state index is 12.2. The molecular weight excluding hydrogens is 392 g/mol. The van der Waals surface area contributed by atoms with Gasteiger partial charge in [-0.25, -0.2) is 0 Å². The Morgan fingerprint density at radius 3 is 2.58 bits per heavy atom. The number of ether oxygens (including phenoxy) is 2. The average Bonchev–Trinajstić information content (AvgIpc) is 2.73. The monoisotopic (exact) mass is 420 g/mol. The lowest BCUT2D eigenvalue weighted by Gasteiger charge is -2.15. The van der Waals surface area contributed by atoms with Crippen molar-refractivity contribution in [2.45, 2.75) is 34.1 Å². The molecule has 0 aromatic heterocycles. The number of aldehydes is 1. The van der Waals surface area contributed by atoms with Gasteiger partial charge in [0, 0.05) is 5.56 Å². The number of nitrogens with zero attached hydrogens (tertiary/aromatic N) is 1. The van der Waals surface area contributed by atoms with Crippen LogP contribution in [0.25, 0.3) is 0 Å². The van der Waals surface area contributed by atoms with Gasteiger partial charge in [-0.3, -0.25) is 9.59 Å². The van der Waals surface area contributed by atoms with Crippen LogP contribution in [0.5, 0.6) is 11.5 Å². The number of aliphatic imine (C=N–C) groups is 1. The highest BCUT2D eigenvalue weighted by Crippen LogP contribution is 2.29. The van der Waals surface area contributed by atoms with Crippen LogP contribution in [-0.4, -0.2) is 25.1 Å². The van der Waals surface area contributed by atoms with Gasteiger partial charge in [-0.2, -0.15) is 4.99 Å². The smallest absolute Gasteiger partial charge is 0.220 e. The zero-order valence-corrected chi connectivity index (χ0v) is 18.6. The van der Waals surface area contributed by atoms with Crippen molar-refractivity contribution in [2.75, 3.05) is 12.4 Å². The highest BCUT2D eigenvalue weighted by molar-refractivity contribution is 6.00. The van der Waals surface area contributed by atoms with E-state index in [9.17, 15) is 9.59 Å². The zero-order chi connectivity index (χ0) is 23.0. The molecule has 6 nitrogen and oxygen atoms in total. The molecule has 0 heterocycles. The molecular formula is C25H28N2O4. The number of methoxy groups -OCH3 is 1. The summed E-state index contributed by atoms with van der Waals surface area (Å²) in [4.78, 5) is 27.8. The van der Waals surface area contributed by atoms with E-state index in [2.05, 4.69) is 16.9 Å². The number of benzene rings is 2. The third kappa shape index (κ3) is 5.92. The minimum absolute atomic E-state index is 0.0697. The highest BCUT2D eigenvalue weighted by Gasteiger charge is 2.15. The van der Waals surface area contributed by atoms with Crippen LogP contribution >= 0.6 is 0 Å². The second-order valence-corrected chi connectivity index (χ2v) is 6.85. The molecule has 0 aliphatic carbocycles. The van der Waals surface area contributed by atoms with Crippen LogP contribution in [-0.2, 0) is 6.42 Å². The van der Waals surface area contributed by atoms with Crippen molar-refractivity contribution in [1.29, 1.82) is 0 Å². The summed E-state index contributed by atoms with van der Waals surface area (Å²) in [5.41, 5.74) is 3.42. The second kappa shape index (κ2) is 10.9. The van der Waals surface area contributed by atoms with Gasteiger partial charge in [0.05, 0.1) is 18.4 Å². The fraction of sp³-hybridized carbons (Fsp3) is 0.240. The predicted octanol–water partition coefficient (Wildman–Crippen LogP) is 5.52. The predicted molar refractivity (Wildman–Crippen MR) is 125 cm³/mol. The van der Waals surface area contributed by atoms with Crippen molar-refractivity contribution >= 4 is 23.7 Å². The lowest BCUT2D eigenvalue weighted by molar-refractivity contribution is 0.101. The van der Waals surface area contributed by atoms with Crippen molar-refractivity contribution in [3.8, 4) is 11.5 Å². The Balaban J connectivity index is 2.36. The number of aryl methyl sites for hydroxylation is 2. The second-order valence-electron chi connectivity index (χ2n) is 6.85. The van der Waals surface area contributed by atoms with E-state index in [4.69, 9.17) is 9.47 Å². The molecule has 2 aromatic rings. The van der Waals surface area contributed by atoms with Crippen LogP contribution in [0.3, 0.4) is 0 Å². The summed E-state index contributed by atoms with van der Waals surface area (Å²) in [7, 11) is 1.52. The van der Waals surface area contributed by atoms with E-state index in [1.165, 1.54) is 14.0 Å². The maximum Gasteiger partial charge on any atom is 0.220 e. The minimum atomic E-state index is -0.0697. The third-order valence-electron chi connectivity index (χ3n) is 4.61. The molecule has 6 heteroatoms. The topological polar surface area (TPSA) is 77.0 Å².